The number of cyclic esters (lactones) is 1. The third-order valence-corrected chi connectivity index (χ3v) is 3.12. The Morgan fingerprint density at radius 1 is 1.22 bits per heavy atom. The van der Waals surface area contributed by atoms with E-state index in [2.05, 4.69) is 0 Å². The predicted octanol–water partition coefficient (Wildman–Crippen LogP) is 2.53. The van der Waals surface area contributed by atoms with Crippen LogP contribution in [0.25, 0.3) is 10.8 Å². The quantitative estimate of drug-likeness (QED) is 0.822. The van der Waals surface area contributed by atoms with Crippen LogP contribution in [0.5, 0.6) is 0 Å². The zero-order valence-corrected chi connectivity index (χ0v) is 9.42. The largest absolute Gasteiger partial charge is 0.481 e. The molecule has 0 saturated carbocycles. The van der Waals surface area contributed by atoms with E-state index in [9.17, 15) is 9.59 Å². The number of fused-ring (bicyclic) bond motifs is 3. The number of carboxylic acid groups (broad SMARTS) is 1. The number of rotatable bonds is 2. The number of carbonyl (C=O) groups is 2. The van der Waals surface area contributed by atoms with Gasteiger partial charge in [0.25, 0.3) is 0 Å². The van der Waals surface area contributed by atoms with Crippen molar-refractivity contribution in [2.75, 3.05) is 0 Å². The van der Waals surface area contributed by atoms with Crippen molar-refractivity contribution in [2.24, 2.45) is 0 Å². The number of hydrogen-bond donors (Lipinski definition) is 1. The van der Waals surface area contributed by atoms with Crippen molar-refractivity contribution >= 4 is 22.7 Å². The van der Waals surface area contributed by atoms with Gasteiger partial charge in [0.1, 0.15) is 6.10 Å². The Kier molecular flexibility index (Phi) is 2.30. The lowest BCUT2D eigenvalue weighted by Crippen LogP contribution is -2.06. The molecule has 0 fully saturated rings. The number of benzene rings is 2. The van der Waals surface area contributed by atoms with Crippen LogP contribution in [0.3, 0.4) is 0 Å². The van der Waals surface area contributed by atoms with Crippen LogP contribution in [0.1, 0.15) is 28.4 Å². The first kappa shape index (κ1) is 10.8. The molecule has 1 aliphatic heterocycles. The molecule has 1 atom stereocenters. The highest BCUT2D eigenvalue weighted by Crippen LogP contribution is 2.38. The minimum Gasteiger partial charge on any atom is -0.481 e. The smallest absolute Gasteiger partial charge is 0.339 e. The normalized spacial score (nSPS) is 17.6. The SMILES string of the molecule is O=C(O)CC1OC(=O)c2ccc3ccccc3c21. The zero-order valence-electron chi connectivity index (χ0n) is 9.42. The van der Waals surface area contributed by atoms with E-state index in [1.807, 2.05) is 30.3 Å². The molecule has 0 amide bonds. The molecule has 0 radical (unpaired) electrons. The van der Waals surface area contributed by atoms with Gasteiger partial charge in [-0.3, -0.25) is 4.79 Å². The summed E-state index contributed by atoms with van der Waals surface area (Å²) in [5.41, 5.74) is 1.17. The lowest BCUT2D eigenvalue weighted by molar-refractivity contribution is -0.139. The molecule has 1 unspecified atom stereocenters. The average Bonchev–Trinajstić information content (AvgIpc) is 2.66. The Hall–Kier alpha value is -2.36. The van der Waals surface area contributed by atoms with E-state index in [1.165, 1.54) is 0 Å². The van der Waals surface area contributed by atoms with Crippen molar-refractivity contribution in [1.29, 1.82) is 0 Å². The maximum atomic E-state index is 11.7. The average molecular weight is 242 g/mol. The van der Waals surface area contributed by atoms with E-state index in [-0.39, 0.29) is 6.42 Å². The van der Waals surface area contributed by atoms with Crippen LogP contribution in [0.2, 0.25) is 0 Å². The van der Waals surface area contributed by atoms with Crippen LogP contribution >= 0.6 is 0 Å². The first-order chi connectivity index (χ1) is 8.66. The van der Waals surface area contributed by atoms with Gasteiger partial charge in [0.15, 0.2) is 0 Å². The van der Waals surface area contributed by atoms with E-state index < -0.39 is 18.0 Å². The molecule has 2 aromatic rings. The lowest BCUT2D eigenvalue weighted by Gasteiger charge is -2.09. The van der Waals surface area contributed by atoms with Crippen molar-refractivity contribution in [3.05, 3.63) is 47.5 Å². The van der Waals surface area contributed by atoms with Gasteiger partial charge >= 0.3 is 11.9 Å². The van der Waals surface area contributed by atoms with Crippen LogP contribution in [0.4, 0.5) is 0 Å². The number of carbonyl (C=O) groups excluding carboxylic acids is 1. The van der Waals surface area contributed by atoms with Gasteiger partial charge in [0, 0.05) is 5.56 Å². The second kappa shape index (κ2) is 3.84. The molecular weight excluding hydrogens is 232 g/mol. The summed E-state index contributed by atoms with van der Waals surface area (Å²) in [4.78, 5) is 22.5. The maximum Gasteiger partial charge on any atom is 0.339 e. The second-order valence-corrected chi connectivity index (χ2v) is 4.24. The summed E-state index contributed by atoms with van der Waals surface area (Å²) in [6.45, 7) is 0. The molecule has 4 heteroatoms. The van der Waals surface area contributed by atoms with Crippen molar-refractivity contribution in [3.8, 4) is 0 Å². The summed E-state index contributed by atoms with van der Waals surface area (Å²) in [5, 5.41) is 10.7. The van der Waals surface area contributed by atoms with Crippen LogP contribution < -0.4 is 0 Å². The highest BCUT2D eigenvalue weighted by atomic mass is 16.5. The summed E-state index contributed by atoms with van der Waals surface area (Å²) < 4.78 is 5.13. The molecule has 1 heterocycles. The standard InChI is InChI=1S/C14H10O4/c15-12(16)7-11-13-9-4-2-1-3-8(9)5-6-10(13)14(17)18-11/h1-6,11H,7H2,(H,15,16). The fourth-order valence-corrected chi connectivity index (χ4v) is 2.37. The lowest BCUT2D eigenvalue weighted by atomic mass is 9.95. The Morgan fingerprint density at radius 2 is 2.00 bits per heavy atom. The van der Waals surface area contributed by atoms with Gasteiger partial charge in [-0.15, -0.1) is 0 Å². The van der Waals surface area contributed by atoms with Crippen molar-refractivity contribution < 1.29 is 19.4 Å². The van der Waals surface area contributed by atoms with Crippen LogP contribution in [0, 0.1) is 0 Å². The van der Waals surface area contributed by atoms with Gasteiger partial charge in [0.2, 0.25) is 0 Å². The fourth-order valence-electron chi connectivity index (χ4n) is 2.37. The molecule has 0 bridgehead atoms. The number of hydrogen-bond acceptors (Lipinski definition) is 3. The summed E-state index contributed by atoms with van der Waals surface area (Å²) in [5.74, 6) is -1.42. The molecule has 4 nitrogen and oxygen atoms in total. The van der Waals surface area contributed by atoms with E-state index in [0.717, 1.165) is 10.8 Å². The highest BCUT2D eigenvalue weighted by Gasteiger charge is 2.33. The third kappa shape index (κ3) is 1.54. The summed E-state index contributed by atoms with van der Waals surface area (Å²) in [6, 6.07) is 11.1. The molecule has 0 spiro atoms. The third-order valence-electron chi connectivity index (χ3n) is 3.12. The second-order valence-electron chi connectivity index (χ2n) is 4.24. The molecule has 2 aromatic carbocycles. The van der Waals surface area contributed by atoms with Crippen molar-refractivity contribution in [3.63, 3.8) is 0 Å². The van der Waals surface area contributed by atoms with Gasteiger partial charge in [0.05, 0.1) is 12.0 Å². The number of ether oxygens (including phenoxy) is 1. The molecule has 90 valence electrons. The fraction of sp³-hybridized carbons (Fsp3) is 0.143. The van der Waals surface area contributed by atoms with Gasteiger partial charge in [-0.25, -0.2) is 4.79 Å². The van der Waals surface area contributed by atoms with Crippen LogP contribution in [-0.2, 0) is 9.53 Å². The van der Waals surface area contributed by atoms with E-state index >= 15 is 0 Å². The Morgan fingerprint density at radius 3 is 2.78 bits per heavy atom. The first-order valence-corrected chi connectivity index (χ1v) is 5.61. The minimum atomic E-state index is -0.978. The Balaban J connectivity index is 2.23. The van der Waals surface area contributed by atoms with Gasteiger partial charge < -0.3 is 9.84 Å². The zero-order chi connectivity index (χ0) is 12.7. The Bertz CT molecular complexity index is 658. The molecular formula is C14H10O4. The summed E-state index contributed by atoms with van der Waals surface area (Å²) in [6.07, 6.45) is -0.886. The monoisotopic (exact) mass is 242 g/mol. The summed E-state index contributed by atoms with van der Waals surface area (Å²) in [7, 11) is 0. The number of carboxylic acids is 1. The van der Waals surface area contributed by atoms with Gasteiger partial charge in [-0.05, 0) is 16.8 Å². The summed E-state index contributed by atoms with van der Waals surface area (Å²) >= 11 is 0. The maximum absolute atomic E-state index is 11.7. The first-order valence-electron chi connectivity index (χ1n) is 5.61. The van der Waals surface area contributed by atoms with E-state index in [1.54, 1.807) is 6.07 Å². The van der Waals surface area contributed by atoms with E-state index in [0.29, 0.717) is 11.1 Å². The number of aliphatic carboxylic acids is 1. The molecule has 1 N–H and O–H groups in total. The van der Waals surface area contributed by atoms with E-state index in [4.69, 9.17) is 9.84 Å². The molecule has 1 aliphatic rings. The Labute approximate surface area is 103 Å². The molecule has 0 aliphatic carbocycles. The molecule has 18 heavy (non-hydrogen) atoms. The van der Waals surface area contributed by atoms with Gasteiger partial charge in [-0.1, -0.05) is 30.3 Å². The highest BCUT2D eigenvalue weighted by molar-refractivity contribution is 6.02. The van der Waals surface area contributed by atoms with Gasteiger partial charge in [-0.2, -0.15) is 0 Å². The van der Waals surface area contributed by atoms with Crippen LogP contribution in [0.15, 0.2) is 36.4 Å². The minimum absolute atomic E-state index is 0.202. The topological polar surface area (TPSA) is 63.6 Å². The van der Waals surface area contributed by atoms with Crippen molar-refractivity contribution in [2.45, 2.75) is 12.5 Å². The molecule has 0 aromatic heterocycles. The van der Waals surface area contributed by atoms with Crippen LogP contribution in [-0.4, -0.2) is 17.0 Å². The van der Waals surface area contributed by atoms with Crippen molar-refractivity contribution in [1.82, 2.24) is 0 Å². The predicted molar refractivity (Wildman–Crippen MR) is 64.4 cm³/mol. The molecule has 3 rings (SSSR count). The molecule has 0 saturated heterocycles. The number of esters is 1.